The second kappa shape index (κ2) is 5.28. The number of nitriles is 1. The molecule has 0 N–H and O–H groups in total. The Balaban J connectivity index is 2.52. The number of carbonyl (C=O) groups is 1. The van der Waals surface area contributed by atoms with Gasteiger partial charge in [0, 0.05) is 23.3 Å². The van der Waals surface area contributed by atoms with Crippen LogP contribution in [0.3, 0.4) is 0 Å². The summed E-state index contributed by atoms with van der Waals surface area (Å²) in [6.45, 7) is 1.98. The quantitative estimate of drug-likeness (QED) is 0.773. The molecular weight excluding hydrogens is 228 g/mol. The van der Waals surface area contributed by atoms with Crippen LogP contribution in [0.15, 0.2) is 36.7 Å². The summed E-state index contributed by atoms with van der Waals surface area (Å²) < 4.78 is 4.91. The van der Waals surface area contributed by atoms with Crippen LogP contribution in [0.4, 0.5) is 0 Å². The third-order valence-electron chi connectivity index (χ3n) is 2.66. The first-order valence-electron chi connectivity index (χ1n) is 5.66. The van der Waals surface area contributed by atoms with Crippen LogP contribution in [0.25, 0.3) is 10.8 Å². The topological polar surface area (TPSA) is 63.0 Å². The minimum absolute atomic E-state index is 0.259. The van der Waals surface area contributed by atoms with Gasteiger partial charge in [-0.1, -0.05) is 24.3 Å². The van der Waals surface area contributed by atoms with E-state index in [0.717, 1.165) is 10.8 Å². The molecule has 1 aromatic heterocycles. The number of aromatic nitrogens is 1. The van der Waals surface area contributed by atoms with Crippen molar-refractivity contribution in [3.8, 4) is 6.07 Å². The van der Waals surface area contributed by atoms with Crippen molar-refractivity contribution in [2.45, 2.75) is 12.8 Å². The second-order valence-corrected chi connectivity index (χ2v) is 3.76. The first kappa shape index (κ1) is 12.1. The number of hydrogen-bond acceptors (Lipinski definition) is 4. The van der Waals surface area contributed by atoms with E-state index in [1.165, 1.54) is 0 Å². The van der Waals surface area contributed by atoms with Crippen molar-refractivity contribution in [1.82, 2.24) is 4.98 Å². The summed E-state index contributed by atoms with van der Waals surface area (Å²) in [7, 11) is 0. The van der Waals surface area contributed by atoms with E-state index in [9.17, 15) is 4.79 Å². The zero-order valence-corrected chi connectivity index (χ0v) is 9.96. The molecule has 0 amide bonds. The molecule has 4 nitrogen and oxygen atoms in total. The highest BCUT2D eigenvalue weighted by Crippen LogP contribution is 2.25. The fourth-order valence-corrected chi connectivity index (χ4v) is 1.84. The summed E-state index contributed by atoms with van der Waals surface area (Å²) in [6.07, 6.45) is 3.26. The van der Waals surface area contributed by atoms with Crippen molar-refractivity contribution < 1.29 is 9.53 Å². The average molecular weight is 240 g/mol. The van der Waals surface area contributed by atoms with Gasteiger partial charge in [0.15, 0.2) is 5.92 Å². The number of esters is 1. The number of pyridine rings is 1. The number of ether oxygens (including phenoxy) is 1. The molecule has 0 fully saturated rings. The van der Waals surface area contributed by atoms with Gasteiger partial charge in [-0.05, 0) is 12.3 Å². The summed E-state index contributed by atoms with van der Waals surface area (Å²) in [5.41, 5.74) is 0.592. The molecule has 0 aliphatic heterocycles. The maximum atomic E-state index is 11.7. The van der Waals surface area contributed by atoms with Crippen molar-refractivity contribution in [2.75, 3.05) is 6.61 Å². The molecule has 0 saturated carbocycles. The average Bonchev–Trinajstić information content (AvgIpc) is 2.40. The number of fused-ring (bicyclic) bond motifs is 1. The molecule has 2 aromatic rings. The lowest BCUT2D eigenvalue weighted by Gasteiger charge is -2.10. The molecule has 0 aliphatic carbocycles. The van der Waals surface area contributed by atoms with Crippen LogP contribution < -0.4 is 0 Å². The highest BCUT2D eigenvalue weighted by Gasteiger charge is 2.23. The van der Waals surface area contributed by atoms with Crippen molar-refractivity contribution in [3.63, 3.8) is 0 Å². The van der Waals surface area contributed by atoms with Crippen molar-refractivity contribution in [2.24, 2.45) is 0 Å². The van der Waals surface area contributed by atoms with Gasteiger partial charge in [-0.3, -0.25) is 9.78 Å². The fourth-order valence-electron chi connectivity index (χ4n) is 1.84. The number of benzene rings is 1. The number of nitrogens with zero attached hydrogens (tertiary/aromatic N) is 2. The predicted molar refractivity (Wildman–Crippen MR) is 66.7 cm³/mol. The predicted octanol–water partition coefficient (Wildman–Crippen LogP) is 2.41. The molecule has 1 unspecified atom stereocenters. The summed E-state index contributed by atoms with van der Waals surface area (Å²) in [6, 6.07) is 9.50. The van der Waals surface area contributed by atoms with Crippen molar-refractivity contribution in [3.05, 3.63) is 42.2 Å². The minimum atomic E-state index is -0.927. The Kier molecular flexibility index (Phi) is 3.54. The van der Waals surface area contributed by atoms with Crippen LogP contribution >= 0.6 is 0 Å². The number of carbonyl (C=O) groups excluding carboxylic acids is 1. The summed E-state index contributed by atoms with van der Waals surface area (Å²) in [5, 5.41) is 10.9. The van der Waals surface area contributed by atoms with Crippen molar-refractivity contribution >= 4 is 16.7 Å². The monoisotopic (exact) mass is 240 g/mol. The molecule has 1 atom stereocenters. The summed E-state index contributed by atoms with van der Waals surface area (Å²) in [4.78, 5) is 15.8. The van der Waals surface area contributed by atoms with Gasteiger partial charge in [0.25, 0.3) is 0 Å². The van der Waals surface area contributed by atoms with E-state index in [2.05, 4.69) is 4.98 Å². The number of rotatable bonds is 3. The zero-order valence-electron chi connectivity index (χ0n) is 9.96. The molecule has 1 aromatic carbocycles. The van der Waals surface area contributed by atoms with Gasteiger partial charge in [-0.25, -0.2) is 0 Å². The van der Waals surface area contributed by atoms with E-state index in [4.69, 9.17) is 10.00 Å². The molecule has 90 valence electrons. The van der Waals surface area contributed by atoms with Gasteiger partial charge >= 0.3 is 5.97 Å². The van der Waals surface area contributed by atoms with Gasteiger partial charge in [-0.15, -0.1) is 0 Å². The maximum Gasteiger partial charge on any atom is 0.327 e. The Bertz CT molecular complexity index is 611. The molecule has 0 aliphatic rings. The molecule has 4 heteroatoms. The van der Waals surface area contributed by atoms with Crippen molar-refractivity contribution in [1.29, 1.82) is 5.26 Å². The second-order valence-electron chi connectivity index (χ2n) is 3.76. The van der Waals surface area contributed by atoms with Gasteiger partial charge in [0.1, 0.15) is 0 Å². The smallest absolute Gasteiger partial charge is 0.327 e. The molecule has 2 rings (SSSR count). The molecule has 0 saturated heterocycles. The Labute approximate surface area is 105 Å². The first-order chi connectivity index (χ1) is 8.77. The Morgan fingerprint density at radius 2 is 2.22 bits per heavy atom. The number of hydrogen-bond donors (Lipinski definition) is 0. The fraction of sp³-hybridized carbons (Fsp3) is 0.214. The lowest BCUT2D eigenvalue weighted by Crippen LogP contribution is -2.15. The van der Waals surface area contributed by atoms with E-state index in [-0.39, 0.29) is 6.61 Å². The van der Waals surface area contributed by atoms with E-state index in [1.807, 2.05) is 30.3 Å². The molecule has 18 heavy (non-hydrogen) atoms. The van der Waals surface area contributed by atoms with E-state index >= 15 is 0 Å². The van der Waals surface area contributed by atoms with Crippen LogP contribution in [-0.4, -0.2) is 17.6 Å². The van der Waals surface area contributed by atoms with Crippen LogP contribution in [0.1, 0.15) is 18.4 Å². The molecular formula is C14H12N2O2. The highest BCUT2D eigenvalue weighted by molar-refractivity contribution is 5.91. The van der Waals surface area contributed by atoms with Crippen LogP contribution in [-0.2, 0) is 9.53 Å². The summed E-state index contributed by atoms with van der Waals surface area (Å²) in [5.74, 6) is -1.46. The van der Waals surface area contributed by atoms with Crippen LogP contribution in [0.5, 0.6) is 0 Å². The highest BCUT2D eigenvalue weighted by atomic mass is 16.5. The lowest BCUT2D eigenvalue weighted by molar-refractivity contribution is -0.143. The minimum Gasteiger partial charge on any atom is -0.465 e. The van der Waals surface area contributed by atoms with E-state index in [0.29, 0.717) is 5.56 Å². The van der Waals surface area contributed by atoms with Gasteiger partial charge in [0.2, 0.25) is 0 Å². The normalized spacial score (nSPS) is 11.8. The Hall–Kier alpha value is -2.41. The van der Waals surface area contributed by atoms with Gasteiger partial charge in [0.05, 0.1) is 12.7 Å². The largest absolute Gasteiger partial charge is 0.465 e. The summed E-state index contributed by atoms with van der Waals surface area (Å²) >= 11 is 0. The molecule has 0 bridgehead atoms. The van der Waals surface area contributed by atoms with Crippen LogP contribution in [0, 0.1) is 11.3 Å². The molecule has 0 spiro atoms. The van der Waals surface area contributed by atoms with E-state index < -0.39 is 11.9 Å². The van der Waals surface area contributed by atoms with Crippen LogP contribution in [0.2, 0.25) is 0 Å². The zero-order chi connectivity index (χ0) is 13.0. The standard InChI is InChI=1S/C14H12N2O2/c1-2-18-14(17)12(7-15)13-9-16-8-10-5-3-4-6-11(10)13/h3-6,8-9,12H,2H2,1H3. The van der Waals surface area contributed by atoms with Gasteiger partial charge in [-0.2, -0.15) is 5.26 Å². The van der Waals surface area contributed by atoms with Gasteiger partial charge < -0.3 is 4.74 Å². The first-order valence-corrected chi connectivity index (χ1v) is 5.66. The SMILES string of the molecule is CCOC(=O)C(C#N)c1cncc2ccccc12. The Morgan fingerprint density at radius 1 is 1.44 bits per heavy atom. The van der Waals surface area contributed by atoms with E-state index in [1.54, 1.807) is 19.3 Å². The lowest BCUT2D eigenvalue weighted by atomic mass is 9.97. The third-order valence-corrected chi connectivity index (χ3v) is 2.66. The Morgan fingerprint density at radius 3 is 2.94 bits per heavy atom. The maximum absolute atomic E-state index is 11.7. The third kappa shape index (κ3) is 2.16. The molecule has 0 radical (unpaired) electrons. The molecule has 1 heterocycles.